The summed E-state index contributed by atoms with van der Waals surface area (Å²) < 4.78 is 11.3. The first-order valence-electron chi connectivity index (χ1n) is 6.02. The second kappa shape index (κ2) is 7.37. The van der Waals surface area contributed by atoms with Crippen molar-refractivity contribution in [3.8, 4) is 0 Å². The van der Waals surface area contributed by atoms with Crippen LogP contribution in [0.5, 0.6) is 0 Å². The number of rotatable bonds is 6. The van der Waals surface area contributed by atoms with Crippen LogP contribution >= 0.6 is 0 Å². The first-order valence-corrected chi connectivity index (χ1v) is 6.02. The third kappa shape index (κ3) is 5.24. The van der Waals surface area contributed by atoms with Gasteiger partial charge in [-0.15, -0.1) is 0 Å². The van der Waals surface area contributed by atoms with Crippen LogP contribution in [0.25, 0.3) is 0 Å². The van der Waals surface area contributed by atoms with E-state index in [0.29, 0.717) is 5.92 Å². The SMILES string of the molecule is CCC(C)OC(=C(C)C)/C(=C\C(C)C)OC. The highest BCUT2D eigenvalue weighted by Crippen LogP contribution is 2.21. The molecule has 0 rings (SSSR count). The van der Waals surface area contributed by atoms with Crippen molar-refractivity contribution >= 4 is 0 Å². The first kappa shape index (κ1) is 15.1. The van der Waals surface area contributed by atoms with Gasteiger partial charge in [0, 0.05) is 0 Å². The van der Waals surface area contributed by atoms with Gasteiger partial charge in [-0.1, -0.05) is 20.8 Å². The maximum absolute atomic E-state index is 5.90. The molecular weight excluding hydrogens is 200 g/mol. The van der Waals surface area contributed by atoms with E-state index < -0.39 is 0 Å². The Morgan fingerprint density at radius 3 is 2.06 bits per heavy atom. The van der Waals surface area contributed by atoms with E-state index in [0.717, 1.165) is 23.5 Å². The summed E-state index contributed by atoms with van der Waals surface area (Å²) in [6.07, 6.45) is 3.30. The van der Waals surface area contributed by atoms with Gasteiger partial charge in [-0.2, -0.15) is 0 Å². The lowest BCUT2D eigenvalue weighted by molar-refractivity contribution is 0.108. The van der Waals surface area contributed by atoms with Gasteiger partial charge in [0.05, 0.1) is 13.2 Å². The minimum Gasteiger partial charge on any atom is -0.493 e. The van der Waals surface area contributed by atoms with Crippen LogP contribution in [0.15, 0.2) is 23.2 Å². The Labute approximate surface area is 100 Å². The summed E-state index contributed by atoms with van der Waals surface area (Å²) in [5.41, 5.74) is 1.15. The van der Waals surface area contributed by atoms with E-state index >= 15 is 0 Å². The number of ether oxygens (including phenoxy) is 2. The molecule has 0 heterocycles. The molecule has 0 saturated heterocycles. The molecule has 16 heavy (non-hydrogen) atoms. The predicted octanol–water partition coefficient (Wildman–Crippen LogP) is 4.28. The normalized spacial score (nSPS) is 13.6. The molecule has 0 aliphatic carbocycles. The lowest BCUT2D eigenvalue weighted by Crippen LogP contribution is -2.10. The first-order chi connectivity index (χ1) is 7.42. The van der Waals surface area contributed by atoms with Gasteiger partial charge in [0.1, 0.15) is 0 Å². The standard InChI is InChI=1S/C14H26O2/c1-8-12(6)16-14(11(4)5)13(15-7)9-10(2)3/h9-10,12H,8H2,1-7H3/b13-9+. The molecule has 1 atom stereocenters. The van der Waals surface area contributed by atoms with Crippen LogP contribution in [0, 0.1) is 5.92 Å². The number of methoxy groups -OCH3 is 1. The fourth-order valence-corrected chi connectivity index (χ4v) is 1.25. The Morgan fingerprint density at radius 1 is 1.19 bits per heavy atom. The zero-order valence-electron chi connectivity index (χ0n) is 11.8. The molecule has 2 heteroatoms. The zero-order valence-corrected chi connectivity index (χ0v) is 11.8. The van der Waals surface area contributed by atoms with E-state index in [-0.39, 0.29) is 6.10 Å². The minimum atomic E-state index is 0.218. The molecule has 0 aliphatic heterocycles. The molecule has 0 aliphatic rings. The number of allylic oxidation sites excluding steroid dienone is 2. The fourth-order valence-electron chi connectivity index (χ4n) is 1.25. The van der Waals surface area contributed by atoms with Crippen molar-refractivity contribution in [2.75, 3.05) is 7.11 Å². The number of hydrogen-bond acceptors (Lipinski definition) is 2. The number of hydrogen-bond donors (Lipinski definition) is 0. The average Bonchev–Trinajstić information content (AvgIpc) is 2.21. The van der Waals surface area contributed by atoms with Gasteiger partial charge in [0.2, 0.25) is 0 Å². The molecule has 0 aromatic rings. The smallest absolute Gasteiger partial charge is 0.159 e. The van der Waals surface area contributed by atoms with E-state index in [1.54, 1.807) is 7.11 Å². The Morgan fingerprint density at radius 2 is 1.75 bits per heavy atom. The van der Waals surface area contributed by atoms with Crippen molar-refractivity contribution in [1.82, 2.24) is 0 Å². The van der Waals surface area contributed by atoms with Crippen molar-refractivity contribution in [3.05, 3.63) is 23.2 Å². The molecule has 0 radical (unpaired) electrons. The van der Waals surface area contributed by atoms with Crippen molar-refractivity contribution < 1.29 is 9.47 Å². The summed E-state index contributed by atoms with van der Waals surface area (Å²) in [7, 11) is 1.69. The van der Waals surface area contributed by atoms with E-state index in [4.69, 9.17) is 9.47 Å². The molecule has 0 aromatic heterocycles. The van der Waals surface area contributed by atoms with Crippen LogP contribution in [-0.4, -0.2) is 13.2 Å². The van der Waals surface area contributed by atoms with E-state index in [2.05, 4.69) is 33.8 Å². The third-order valence-electron chi connectivity index (χ3n) is 2.28. The molecule has 0 N–H and O–H groups in total. The second-order valence-corrected chi connectivity index (χ2v) is 4.64. The topological polar surface area (TPSA) is 18.5 Å². The molecule has 0 aromatic carbocycles. The minimum absolute atomic E-state index is 0.218. The summed E-state index contributed by atoms with van der Waals surface area (Å²) in [4.78, 5) is 0. The van der Waals surface area contributed by atoms with Crippen LogP contribution in [0.1, 0.15) is 48.0 Å². The lowest BCUT2D eigenvalue weighted by Gasteiger charge is -2.19. The van der Waals surface area contributed by atoms with Crippen LogP contribution in [0.2, 0.25) is 0 Å². The van der Waals surface area contributed by atoms with Crippen molar-refractivity contribution in [3.63, 3.8) is 0 Å². The highest BCUT2D eigenvalue weighted by molar-refractivity contribution is 5.24. The molecule has 0 saturated carbocycles. The Bertz CT molecular complexity index is 258. The van der Waals surface area contributed by atoms with E-state index in [1.807, 2.05) is 13.8 Å². The van der Waals surface area contributed by atoms with E-state index in [9.17, 15) is 0 Å². The van der Waals surface area contributed by atoms with Gasteiger partial charge >= 0.3 is 0 Å². The van der Waals surface area contributed by atoms with Crippen molar-refractivity contribution in [2.24, 2.45) is 5.92 Å². The van der Waals surface area contributed by atoms with Crippen LogP contribution in [0.3, 0.4) is 0 Å². The molecular formula is C14H26O2. The summed E-state index contributed by atoms with van der Waals surface area (Å²) >= 11 is 0. The fraction of sp³-hybridized carbons (Fsp3) is 0.714. The van der Waals surface area contributed by atoms with Gasteiger partial charge < -0.3 is 9.47 Å². The second-order valence-electron chi connectivity index (χ2n) is 4.64. The van der Waals surface area contributed by atoms with Crippen molar-refractivity contribution in [1.29, 1.82) is 0 Å². The molecule has 0 fully saturated rings. The van der Waals surface area contributed by atoms with Crippen LogP contribution < -0.4 is 0 Å². The Kier molecular flexibility index (Phi) is 6.95. The quantitative estimate of drug-likeness (QED) is 0.497. The van der Waals surface area contributed by atoms with Gasteiger partial charge in [-0.25, -0.2) is 0 Å². The summed E-state index contributed by atoms with van der Waals surface area (Å²) in [6, 6.07) is 0. The molecule has 0 amide bonds. The third-order valence-corrected chi connectivity index (χ3v) is 2.28. The maximum atomic E-state index is 5.90. The molecule has 0 bridgehead atoms. The molecule has 94 valence electrons. The largest absolute Gasteiger partial charge is 0.493 e. The van der Waals surface area contributed by atoms with Gasteiger partial charge in [-0.3, -0.25) is 0 Å². The Hall–Kier alpha value is -0.920. The van der Waals surface area contributed by atoms with Gasteiger partial charge in [0.15, 0.2) is 11.5 Å². The average molecular weight is 226 g/mol. The highest BCUT2D eigenvalue weighted by atomic mass is 16.5. The summed E-state index contributed by atoms with van der Waals surface area (Å²) in [5.74, 6) is 2.17. The highest BCUT2D eigenvalue weighted by Gasteiger charge is 2.12. The maximum Gasteiger partial charge on any atom is 0.159 e. The molecule has 1 unspecified atom stereocenters. The predicted molar refractivity (Wildman–Crippen MR) is 69.1 cm³/mol. The molecule has 0 spiro atoms. The zero-order chi connectivity index (χ0) is 12.7. The van der Waals surface area contributed by atoms with Gasteiger partial charge in [0.25, 0.3) is 0 Å². The lowest BCUT2D eigenvalue weighted by atomic mass is 10.1. The molecule has 2 nitrogen and oxygen atoms in total. The monoisotopic (exact) mass is 226 g/mol. The van der Waals surface area contributed by atoms with Crippen LogP contribution in [0.4, 0.5) is 0 Å². The summed E-state index contributed by atoms with van der Waals surface area (Å²) in [6.45, 7) is 12.5. The van der Waals surface area contributed by atoms with E-state index in [1.165, 1.54) is 0 Å². The Balaban J connectivity index is 4.98. The van der Waals surface area contributed by atoms with Gasteiger partial charge in [-0.05, 0) is 44.8 Å². The van der Waals surface area contributed by atoms with Crippen molar-refractivity contribution in [2.45, 2.75) is 54.1 Å². The summed E-state index contributed by atoms with van der Waals surface area (Å²) in [5, 5.41) is 0. The van der Waals surface area contributed by atoms with Crippen LogP contribution in [-0.2, 0) is 9.47 Å².